The maximum Gasteiger partial charge on any atom is 0.174 e. The van der Waals surface area contributed by atoms with E-state index in [1.165, 1.54) is 53.8 Å². The van der Waals surface area contributed by atoms with Gasteiger partial charge in [0.25, 0.3) is 0 Å². The Hall–Kier alpha value is -2.66. The number of hydrogen-bond donors (Lipinski definition) is 1. The van der Waals surface area contributed by atoms with Gasteiger partial charge in [-0.2, -0.15) is 0 Å². The van der Waals surface area contributed by atoms with Crippen molar-refractivity contribution in [1.29, 1.82) is 0 Å². The molecule has 32 heavy (non-hydrogen) atoms. The van der Waals surface area contributed by atoms with E-state index < -0.39 is 0 Å². The zero-order chi connectivity index (χ0) is 22.4. The summed E-state index contributed by atoms with van der Waals surface area (Å²) in [5.41, 5.74) is 8.73. The van der Waals surface area contributed by atoms with Gasteiger partial charge in [0.05, 0.1) is 17.8 Å². The van der Waals surface area contributed by atoms with Crippen molar-refractivity contribution in [2.24, 2.45) is 0 Å². The summed E-state index contributed by atoms with van der Waals surface area (Å²) in [6, 6.07) is 15.9. The van der Waals surface area contributed by atoms with E-state index in [2.05, 4.69) is 78.9 Å². The fraction of sp³-hybridized carbons (Fsp3) is 0.407. The number of aryl methyl sites for hydroxylation is 3. The van der Waals surface area contributed by atoms with Crippen molar-refractivity contribution >= 4 is 23.0 Å². The second-order valence-electron chi connectivity index (χ2n) is 9.48. The van der Waals surface area contributed by atoms with Crippen LogP contribution in [0.5, 0.6) is 0 Å². The Morgan fingerprint density at radius 1 is 0.969 bits per heavy atom. The molecule has 3 heterocycles. The smallest absolute Gasteiger partial charge is 0.174 e. The summed E-state index contributed by atoms with van der Waals surface area (Å²) in [5.74, 6) is 0. The van der Waals surface area contributed by atoms with Crippen LogP contribution in [0, 0.1) is 27.7 Å². The third-order valence-corrected chi connectivity index (χ3v) is 7.43. The largest absolute Gasteiger partial charge is 0.351 e. The van der Waals surface area contributed by atoms with Crippen LogP contribution in [-0.4, -0.2) is 14.7 Å². The van der Waals surface area contributed by atoms with E-state index in [-0.39, 0.29) is 12.1 Å². The lowest BCUT2D eigenvalue weighted by molar-refractivity contribution is 0.494. The highest BCUT2D eigenvalue weighted by atomic mass is 32.1. The number of thiocarbonyl (C=S) groups is 1. The fourth-order valence-corrected chi connectivity index (χ4v) is 6.21. The molecule has 0 radical (unpaired) electrons. The van der Waals surface area contributed by atoms with Gasteiger partial charge in [-0.3, -0.25) is 4.98 Å². The first-order valence-corrected chi connectivity index (χ1v) is 12.1. The average Bonchev–Trinajstić information content (AvgIpc) is 3.46. The number of pyridine rings is 1. The summed E-state index contributed by atoms with van der Waals surface area (Å²) in [7, 11) is 0. The maximum absolute atomic E-state index is 5.93. The Bertz CT molecular complexity index is 1120. The number of anilines is 1. The quantitative estimate of drug-likeness (QED) is 0.472. The summed E-state index contributed by atoms with van der Waals surface area (Å²) in [5, 5.41) is 4.38. The van der Waals surface area contributed by atoms with Gasteiger partial charge in [0.15, 0.2) is 5.11 Å². The van der Waals surface area contributed by atoms with E-state index in [9.17, 15) is 0 Å². The summed E-state index contributed by atoms with van der Waals surface area (Å²) < 4.78 is 2.58. The minimum Gasteiger partial charge on any atom is -0.351 e. The molecule has 1 saturated heterocycles. The average molecular weight is 445 g/mol. The SMILES string of the molecule is Cc1cc(C)cc(N2C(=S)N[C@@H](c3ccccn3)[C@H]2c2cc(C)n(C3CCCC3)c2C)c1. The molecule has 2 fully saturated rings. The first-order chi connectivity index (χ1) is 15.4. The molecule has 5 heteroatoms. The van der Waals surface area contributed by atoms with Gasteiger partial charge in [0, 0.05) is 29.3 Å². The van der Waals surface area contributed by atoms with Gasteiger partial charge in [-0.15, -0.1) is 0 Å². The van der Waals surface area contributed by atoms with E-state index in [4.69, 9.17) is 17.2 Å². The molecule has 1 saturated carbocycles. The third-order valence-electron chi connectivity index (χ3n) is 7.11. The van der Waals surface area contributed by atoms with Crippen molar-refractivity contribution in [2.75, 3.05) is 4.90 Å². The molecule has 3 aromatic rings. The van der Waals surface area contributed by atoms with Crippen LogP contribution in [0.1, 0.15) is 77.6 Å². The fourth-order valence-electron chi connectivity index (χ4n) is 5.87. The van der Waals surface area contributed by atoms with Gasteiger partial charge < -0.3 is 14.8 Å². The number of nitrogens with zero attached hydrogens (tertiary/aromatic N) is 3. The van der Waals surface area contributed by atoms with Crippen LogP contribution in [0.15, 0.2) is 48.7 Å². The van der Waals surface area contributed by atoms with Crippen LogP contribution in [0.25, 0.3) is 0 Å². The second kappa shape index (κ2) is 8.36. The first kappa shape index (κ1) is 21.2. The Labute approximate surface area is 196 Å². The molecule has 5 rings (SSSR count). The highest BCUT2D eigenvalue weighted by Gasteiger charge is 2.42. The van der Waals surface area contributed by atoms with Crippen molar-refractivity contribution in [3.63, 3.8) is 0 Å². The zero-order valence-electron chi connectivity index (χ0n) is 19.4. The molecule has 166 valence electrons. The highest BCUT2D eigenvalue weighted by molar-refractivity contribution is 7.80. The molecule has 2 aromatic heterocycles. The van der Waals surface area contributed by atoms with E-state index in [0.29, 0.717) is 6.04 Å². The number of nitrogens with one attached hydrogen (secondary N) is 1. The third kappa shape index (κ3) is 3.62. The molecule has 1 aromatic carbocycles. The normalized spacial score (nSPS) is 21.4. The minimum atomic E-state index is 0.00189. The topological polar surface area (TPSA) is 33.1 Å². The van der Waals surface area contributed by atoms with E-state index >= 15 is 0 Å². The second-order valence-corrected chi connectivity index (χ2v) is 9.86. The van der Waals surface area contributed by atoms with Crippen LogP contribution >= 0.6 is 12.2 Å². The highest BCUT2D eigenvalue weighted by Crippen LogP contribution is 2.45. The van der Waals surface area contributed by atoms with Gasteiger partial charge >= 0.3 is 0 Å². The molecule has 2 aliphatic rings. The Kier molecular flexibility index (Phi) is 5.54. The standard InChI is InChI=1S/C27H32N4S/c1-17-13-18(2)15-22(14-17)31-26(25(29-27(31)32)24-11-7-8-12-28-24)23-16-19(3)30(20(23)4)21-9-5-6-10-21/h7-8,11-16,21,25-26H,5-6,9-10H2,1-4H3,(H,29,32)/t25-,26+/m0/s1. The Balaban J connectivity index is 1.66. The number of aromatic nitrogens is 2. The van der Waals surface area contributed by atoms with Gasteiger partial charge in [-0.05, 0) is 99.8 Å². The minimum absolute atomic E-state index is 0.00189. The molecule has 0 unspecified atom stereocenters. The summed E-state index contributed by atoms with van der Waals surface area (Å²) in [6.07, 6.45) is 7.09. The summed E-state index contributed by atoms with van der Waals surface area (Å²) in [6.45, 7) is 8.85. The van der Waals surface area contributed by atoms with Crippen molar-refractivity contribution in [1.82, 2.24) is 14.9 Å². The van der Waals surface area contributed by atoms with Gasteiger partial charge in [0.1, 0.15) is 0 Å². The zero-order valence-corrected chi connectivity index (χ0v) is 20.2. The molecule has 0 bridgehead atoms. The Morgan fingerprint density at radius 3 is 2.34 bits per heavy atom. The number of benzene rings is 1. The Morgan fingerprint density at radius 2 is 1.69 bits per heavy atom. The first-order valence-electron chi connectivity index (χ1n) is 11.7. The lowest BCUT2D eigenvalue weighted by atomic mass is 9.96. The molecule has 1 N–H and O–H groups in total. The van der Waals surface area contributed by atoms with Crippen LogP contribution in [0.4, 0.5) is 5.69 Å². The van der Waals surface area contributed by atoms with Gasteiger partial charge in [0.2, 0.25) is 0 Å². The molecule has 1 aliphatic heterocycles. The molecule has 2 atom stereocenters. The van der Waals surface area contributed by atoms with Crippen LogP contribution in [0.2, 0.25) is 0 Å². The van der Waals surface area contributed by atoms with Crippen LogP contribution < -0.4 is 10.2 Å². The van der Waals surface area contributed by atoms with Crippen LogP contribution in [-0.2, 0) is 0 Å². The predicted octanol–water partition coefficient (Wildman–Crippen LogP) is 6.41. The molecule has 1 aliphatic carbocycles. The van der Waals surface area contributed by atoms with Crippen LogP contribution in [0.3, 0.4) is 0 Å². The molecular formula is C27H32N4S. The van der Waals surface area contributed by atoms with Crippen molar-refractivity contribution in [3.8, 4) is 0 Å². The van der Waals surface area contributed by atoms with Gasteiger partial charge in [-0.1, -0.05) is 25.0 Å². The van der Waals surface area contributed by atoms with Crippen molar-refractivity contribution in [2.45, 2.75) is 71.5 Å². The van der Waals surface area contributed by atoms with E-state index in [0.717, 1.165) is 16.5 Å². The van der Waals surface area contributed by atoms with Crippen molar-refractivity contribution < 1.29 is 0 Å². The van der Waals surface area contributed by atoms with Gasteiger partial charge in [-0.25, -0.2) is 0 Å². The van der Waals surface area contributed by atoms with E-state index in [1.54, 1.807) is 0 Å². The monoisotopic (exact) mass is 444 g/mol. The summed E-state index contributed by atoms with van der Waals surface area (Å²) >= 11 is 5.93. The number of hydrogen-bond acceptors (Lipinski definition) is 2. The maximum atomic E-state index is 5.93. The van der Waals surface area contributed by atoms with Crippen molar-refractivity contribution in [3.05, 3.63) is 82.4 Å². The lowest BCUT2D eigenvalue weighted by Crippen LogP contribution is -2.29. The molecular weight excluding hydrogens is 412 g/mol. The molecule has 4 nitrogen and oxygen atoms in total. The molecule has 0 spiro atoms. The lowest BCUT2D eigenvalue weighted by Gasteiger charge is -2.29. The predicted molar refractivity (Wildman–Crippen MR) is 135 cm³/mol. The molecule has 0 amide bonds. The number of rotatable bonds is 4. The summed E-state index contributed by atoms with van der Waals surface area (Å²) in [4.78, 5) is 7.03. The van der Waals surface area contributed by atoms with E-state index in [1.807, 2.05) is 12.3 Å².